The molecule has 1 aliphatic carbocycles. The standard InChI is InChI=1S/C17H34N4O.HI/c1-3-4-5-9-12-20-17(18-2)21-14-13-19-16(22)15-10-7-6-8-11-15;/h15H,3-14H2,1-2H3,(H,19,22)(H2,18,20,21);1H. The van der Waals surface area contributed by atoms with Crippen molar-refractivity contribution in [3.05, 3.63) is 0 Å². The summed E-state index contributed by atoms with van der Waals surface area (Å²) in [5.74, 6) is 1.29. The molecule has 1 rings (SSSR count). The van der Waals surface area contributed by atoms with Crippen LogP contribution in [0.5, 0.6) is 0 Å². The Hall–Kier alpha value is -0.530. The number of hydrogen-bond donors (Lipinski definition) is 3. The average molecular weight is 438 g/mol. The fraction of sp³-hybridized carbons (Fsp3) is 0.882. The summed E-state index contributed by atoms with van der Waals surface area (Å²) in [5.41, 5.74) is 0. The van der Waals surface area contributed by atoms with E-state index in [1.165, 1.54) is 44.9 Å². The number of nitrogens with one attached hydrogen (secondary N) is 3. The molecule has 23 heavy (non-hydrogen) atoms. The minimum absolute atomic E-state index is 0. The molecule has 0 radical (unpaired) electrons. The van der Waals surface area contributed by atoms with Gasteiger partial charge in [0.05, 0.1) is 0 Å². The predicted octanol–water partition coefficient (Wildman–Crippen LogP) is 3.05. The summed E-state index contributed by atoms with van der Waals surface area (Å²) in [6.45, 7) is 4.54. The van der Waals surface area contributed by atoms with Gasteiger partial charge in [-0.15, -0.1) is 24.0 Å². The maximum atomic E-state index is 12.0. The molecule has 5 nitrogen and oxygen atoms in total. The maximum Gasteiger partial charge on any atom is 0.223 e. The molecule has 0 atom stereocenters. The Bertz CT molecular complexity index is 331. The normalized spacial score (nSPS) is 15.7. The molecular weight excluding hydrogens is 403 g/mol. The molecule has 1 fully saturated rings. The fourth-order valence-corrected chi connectivity index (χ4v) is 2.85. The van der Waals surface area contributed by atoms with Crippen molar-refractivity contribution in [2.24, 2.45) is 10.9 Å². The van der Waals surface area contributed by atoms with Crippen LogP contribution in [0, 0.1) is 5.92 Å². The Morgan fingerprint density at radius 2 is 1.61 bits per heavy atom. The fourth-order valence-electron chi connectivity index (χ4n) is 2.85. The SMILES string of the molecule is CCCCCCNC(=NC)NCCNC(=O)C1CCCCC1.I. The minimum atomic E-state index is 0. The Morgan fingerprint density at radius 1 is 0.957 bits per heavy atom. The Balaban J connectivity index is 0.00000484. The third-order valence-electron chi connectivity index (χ3n) is 4.24. The van der Waals surface area contributed by atoms with E-state index in [9.17, 15) is 4.79 Å². The number of nitrogens with zero attached hydrogens (tertiary/aromatic N) is 1. The van der Waals surface area contributed by atoms with Crippen LogP contribution in [-0.2, 0) is 4.79 Å². The van der Waals surface area contributed by atoms with Crippen molar-refractivity contribution in [2.45, 2.75) is 64.7 Å². The molecule has 0 aliphatic heterocycles. The number of guanidine groups is 1. The van der Waals surface area contributed by atoms with Crippen LogP contribution in [-0.4, -0.2) is 38.5 Å². The van der Waals surface area contributed by atoms with Crippen molar-refractivity contribution >= 4 is 35.8 Å². The van der Waals surface area contributed by atoms with Gasteiger partial charge in [-0.2, -0.15) is 0 Å². The van der Waals surface area contributed by atoms with E-state index in [-0.39, 0.29) is 35.8 Å². The van der Waals surface area contributed by atoms with Crippen molar-refractivity contribution in [1.29, 1.82) is 0 Å². The van der Waals surface area contributed by atoms with E-state index in [0.717, 1.165) is 25.3 Å². The van der Waals surface area contributed by atoms with Gasteiger partial charge in [0.2, 0.25) is 5.91 Å². The van der Waals surface area contributed by atoms with E-state index in [4.69, 9.17) is 0 Å². The lowest BCUT2D eigenvalue weighted by Gasteiger charge is -2.21. The molecular formula is C17H35IN4O. The highest BCUT2D eigenvalue weighted by Crippen LogP contribution is 2.23. The highest BCUT2D eigenvalue weighted by atomic mass is 127. The number of hydrogen-bond acceptors (Lipinski definition) is 2. The number of unbranched alkanes of at least 4 members (excludes halogenated alkanes) is 3. The van der Waals surface area contributed by atoms with Gasteiger partial charge in [0.15, 0.2) is 5.96 Å². The smallest absolute Gasteiger partial charge is 0.223 e. The van der Waals surface area contributed by atoms with Crippen molar-refractivity contribution in [2.75, 3.05) is 26.7 Å². The summed E-state index contributed by atoms with van der Waals surface area (Å²) in [7, 11) is 1.78. The second kappa shape index (κ2) is 15.0. The van der Waals surface area contributed by atoms with Crippen LogP contribution in [0.3, 0.4) is 0 Å². The molecule has 136 valence electrons. The summed E-state index contributed by atoms with van der Waals surface area (Å²) in [5, 5.41) is 9.58. The van der Waals surface area contributed by atoms with E-state index in [1.807, 2.05) is 0 Å². The number of carbonyl (C=O) groups is 1. The van der Waals surface area contributed by atoms with E-state index < -0.39 is 0 Å². The lowest BCUT2D eigenvalue weighted by Crippen LogP contribution is -2.42. The van der Waals surface area contributed by atoms with Gasteiger partial charge in [-0.1, -0.05) is 45.4 Å². The molecule has 1 amide bonds. The van der Waals surface area contributed by atoms with Crippen LogP contribution in [0.1, 0.15) is 64.7 Å². The molecule has 6 heteroatoms. The van der Waals surface area contributed by atoms with Gasteiger partial charge in [0.1, 0.15) is 0 Å². The zero-order chi connectivity index (χ0) is 16.0. The molecule has 0 unspecified atom stereocenters. The minimum Gasteiger partial charge on any atom is -0.356 e. The van der Waals surface area contributed by atoms with Crippen molar-refractivity contribution < 1.29 is 4.79 Å². The highest BCUT2D eigenvalue weighted by molar-refractivity contribution is 14.0. The first kappa shape index (κ1) is 22.5. The summed E-state index contributed by atoms with van der Waals surface area (Å²) in [4.78, 5) is 16.2. The van der Waals surface area contributed by atoms with Crippen LogP contribution in [0.2, 0.25) is 0 Å². The number of halogens is 1. The Morgan fingerprint density at radius 3 is 2.26 bits per heavy atom. The molecule has 0 heterocycles. The Labute approximate surface area is 158 Å². The van der Waals surface area contributed by atoms with Crippen LogP contribution in [0.4, 0.5) is 0 Å². The van der Waals surface area contributed by atoms with Crippen LogP contribution in [0.25, 0.3) is 0 Å². The number of rotatable bonds is 9. The van der Waals surface area contributed by atoms with Crippen molar-refractivity contribution in [3.8, 4) is 0 Å². The van der Waals surface area contributed by atoms with Crippen LogP contribution >= 0.6 is 24.0 Å². The molecule has 1 aliphatic rings. The van der Waals surface area contributed by atoms with Crippen LogP contribution < -0.4 is 16.0 Å². The van der Waals surface area contributed by atoms with E-state index >= 15 is 0 Å². The third kappa shape index (κ3) is 10.8. The largest absolute Gasteiger partial charge is 0.356 e. The van der Waals surface area contributed by atoms with E-state index in [1.54, 1.807) is 7.05 Å². The number of carbonyl (C=O) groups excluding carboxylic acids is 1. The first-order valence-corrected chi connectivity index (χ1v) is 9.00. The molecule has 0 bridgehead atoms. The third-order valence-corrected chi connectivity index (χ3v) is 4.24. The monoisotopic (exact) mass is 438 g/mol. The molecule has 0 aromatic heterocycles. The van der Waals surface area contributed by atoms with Gasteiger partial charge in [-0.25, -0.2) is 0 Å². The summed E-state index contributed by atoms with van der Waals surface area (Å²) in [6.07, 6.45) is 10.8. The lowest BCUT2D eigenvalue weighted by atomic mass is 9.89. The van der Waals surface area contributed by atoms with Gasteiger partial charge >= 0.3 is 0 Å². The van der Waals surface area contributed by atoms with Gasteiger partial charge in [0, 0.05) is 32.6 Å². The molecule has 0 aromatic carbocycles. The maximum absolute atomic E-state index is 12.0. The highest BCUT2D eigenvalue weighted by Gasteiger charge is 2.20. The topological polar surface area (TPSA) is 65.5 Å². The quantitative estimate of drug-likeness (QED) is 0.224. The van der Waals surface area contributed by atoms with Crippen LogP contribution in [0.15, 0.2) is 4.99 Å². The molecule has 0 spiro atoms. The van der Waals surface area contributed by atoms with Crippen molar-refractivity contribution in [3.63, 3.8) is 0 Å². The van der Waals surface area contributed by atoms with Gasteiger partial charge < -0.3 is 16.0 Å². The predicted molar refractivity (Wildman–Crippen MR) is 109 cm³/mol. The Kier molecular flexibility index (Phi) is 14.7. The zero-order valence-electron chi connectivity index (χ0n) is 14.8. The first-order valence-electron chi connectivity index (χ1n) is 9.00. The average Bonchev–Trinajstić information content (AvgIpc) is 2.57. The second-order valence-corrected chi connectivity index (χ2v) is 6.11. The van der Waals surface area contributed by atoms with Crippen molar-refractivity contribution in [1.82, 2.24) is 16.0 Å². The second-order valence-electron chi connectivity index (χ2n) is 6.11. The molecule has 0 saturated heterocycles. The summed E-state index contributed by atoms with van der Waals surface area (Å²) in [6, 6.07) is 0. The van der Waals surface area contributed by atoms with E-state index in [0.29, 0.717) is 13.1 Å². The summed E-state index contributed by atoms with van der Waals surface area (Å²) < 4.78 is 0. The lowest BCUT2D eigenvalue weighted by molar-refractivity contribution is -0.125. The number of aliphatic imine (C=N–C) groups is 1. The van der Waals surface area contributed by atoms with Gasteiger partial charge in [0.25, 0.3) is 0 Å². The molecule has 1 saturated carbocycles. The van der Waals surface area contributed by atoms with Gasteiger partial charge in [-0.05, 0) is 19.3 Å². The zero-order valence-corrected chi connectivity index (χ0v) is 17.2. The van der Waals surface area contributed by atoms with E-state index in [2.05, 4.69) is 27.9 Å². The summed E-state index contributed by atoms with van der Waals surface area (Å²) >= 11 is 0. The van der Waals surface area contributed by atoms with Gasteiger partial charge in [-0.3, -0.25) is 9.79 Å². The number of amides is 1. The first-order chi connectivity index (χ1) is 10.8. The molecule has 0 aromatic rings. The molecule has 3 N–H and O–H groups in total.